The molecule has 1 amide bonds. The van der Waals surface area contributed by atoms with Crippen LogP contribution in [0.3, 0.4) is 0 Å². The molecular weight excluding hydrogens is 222 g/mol. The summed E-state index contributed by atoms with van der Waals surface area (Å²) < 4.78 is 4.77. The highest BCUT2D eigenvalue weighted by Crippen LogP contribution is 2.30. The lowest BCUT2D eigenvalue weighted by atomic mass is 10.00. The van der Waals surface area contributed by atoms with Gasteiger partial charge in [-0.05, 0) is 26.7 Å². The smallest absolute Gasteiger partial charge is 0.412 e. The standard InChI is InChI=1S/C9H14ClNO4/c1-6(10)15-8(14)11-5-3-4-9(11,2)7(12)13/h6H,3-5H2,1-2H3,(H,12,13)/t6?,9-/m0/s1. The number of nitrogens with zero attached hydrogens (tertiary/aromatic N) is 1. The molecule has 0 radical (unpaired) electrons. The first-order chi connectivity index (χ1) is 6.88. The number of aliphatic carboxylic acids is 1. The Kier molecular flexibility index (Phi) is 3.44. The molecule has 86 valence electrons. The number of amides is 1. The van der Waals surface area contributed by atoms with Crippen LogP contribution in [0.2, 0.25) is 0 Å². The number of hydrogen-bond donors (Lipinski definition) is 1. The zero-order valence-corrected chi connectivity index (χ0v) is 9.45. The zero-order valence-electron chi connectivity index (χ0n) is 8.70. The van der Waals surface area contributed by atoms with E-state index in [1.807, 2.05) is 0 Å². The van der Waals surface area contributed by atoms with Crippen LogP contribution in [0.5, 0.6) is 0 Å². The number of rotatable bonds is 2. The minimum absolute atomic E-state index is 0.394. The highest BCUT2D eigenvalue weighted by molar-refractivity contribution is 6.19. The van der Waals surface area contributed by atoms with Gasteiger partial charge in [-0.2, -0.15) is 0 Å². The Morgan fingerprint density at radius 3 is 2.67 bits per heavy atom. The third-order valence-corrected chi connectivity index (χ3v) is 2.67. The van der Waals surface area contributed by atoms with E-state index in [0.717, 1.165) is 0 Å². The number of carboxylic acids is 1. The van der Waals surface area contributed by atoms with Crippen molar-refractivity contribution in [2.24, 2.45) is 0 Å². The molecular formula is C9H14ClNO4. The minimum atomic E-state index is -1.16. The van der Waals surface area contributed by atoms with Crippen LogP contribution in [0.1, 0.15) is 26.7 Å². The van der Waals surface area contributed by atoms with Gasteiger partial charge in [0.15, 0.2) is 5.56 Å². The van der Waals surface area contributed by atoms with Crippen LogP contribution in [0, 0.1) is 0 Å². The Balaban J connectivity index is 2.76. The van der Waals surface area contributed by atoms with Gasteiger partial charge >= 0.3 is 12.1 Å². The van der Waals surface area contributed by atoms with Gasteiger partial charge < -0.3 is 9.84 Å². The Morgan fingerprint density at radius 1 is 1.60 bits per heavy atom. The fraction of sp³-hybridized carbons (Fsp3) is 0.778. The second-order valence-corrected chi connectivity index (χ2v) is 4.38. The molecule has 1 aliphatic rings. The predicted octanol–water partition coefficient (Wildman–Crippen LogP) is 1.65. The lowest BCUT2D eigenvalue weighted by Gasteiger charge is -2.30. The molecule has 0 aromatic rings. The average Bonchev–Trinajstić information content (AvgIpc) is 2.47. The fourth-order valence-electron chi connectivity index (χ4n) is 1.68. The molecule has 0 aliphatic carbocycles. The second-order valence-electron chi connectivity index (χ2n) is 3.76. The molecule has 1 unspecified atom stereocenters. The Labute approximate surface area is 92.9 Å². The number of likely N-dealkylation sites (tertiary alicyclic amines) is 1. The first kappa shape index (κ1) is 12.1. The third-order valence-electron chi connectivity index (χ3n) is 2.59. The summed E-state index contributed by atoms with van der Waals surface area (Å²) in [6.07, 6.45) is 0.433. The molecule has 0 saturated carbocycles. The van der Waals surface area contributed by atoms with Crippen LogP contribution in [0.4, 0.5) is 4.79 Å². The maximum atomic E-state index is 11.5. The maximum absolute atomic E-state index is 11.5. The molecule has 0 bridgehead atoms. The van der Waals surface area contributed by atoms with Crippen molar-refractivity contribution in [2.75, 3.05) is 6.54 Å². The summed E-state index contributed by atoms with van der Waals surface area (Å²) >= 11 is 5.51. The largest absolute Gasteiger partial charge is 0.480 e. The number of alkyl halides is 1. The van der Waals surface area contributed by atoms with E-state index in [2.05, 4.69) is 0 Å². The lowest BCUT2D eigenvalue weighted by Crippen LogP contribution is -2.51. The third kappa shape index (κ3) is 2.34. The quantitative estimate of drug-likeness (QED) is 0.739. The van der Waals surface area contributed by atoms with E-state index >= 15 is 0 Å². The summed E-state index contributed by atoms with van der Waals surface area (Å²) in [6.45, 7) is 3.42. The predicted molar refractivity (Wildman–Crippen MR) is 53.8 cm³/mol. The van der Waals surface area contributed by atoms with Gasteiger partial charge in [-0.15, -0.1) is 0 Å². The van der Waals surface area contributed by atoms with Gasteiger partial charge in [0.05, 0.1) is 0 Å². The molecule has 1 N–H and O–H groups in total. The summed E-state index contributed by atoms with van der Waals surface area (Å²) in [5.74, 6) is -1.01. The summed E-state index contributed by atoms with van der Waals surface area (Å²) in [6, 6.07) is 0. The molecule has 1 heterocycles. The van der Waals surface area contributed by atoms with Crippen LogP contribution in [0.15, 0.2) is 0 Å². The number of hydrogen-bond acceptors (Lipinski definition) is 3. The number of halogens is 1. The SMILES string of the molecule is CC(Cl)OC(=O)N1CCC[C@@]1(C)C(=O)O. The van der Waals surface area contributed by atoms with Crippen molar-refractivity contribution in [2.45, 2.75) is 37.8 Å². The van der Waals surface area contributed by atoms with Crippen LogP contribution in [0.25, 0.3) is 0 Å². The Bertz CT molecular complexity index is 281. The summed E-state index contributed by atoms with van der Waals surface area (Å²) in [4.78, 5) is 23.8. The van der Waals surface area contributed by atoms with Crippen LogP contribution < -0.4 is 0 Å². The fourth-order valence-corrected chi connectivity index (χ4v) is 1.76. The number of carbonyl (C=O) groups excluding carboxylic acids is 1. The van der Waals surface area contributed by atoms with E-state index in [0.29, 0.717) is 19.4 Å². The van der Waals surface area contributed by atoms with Crippen LogP contribution >= 0.6 is 11.6 Å². The minimum Gasteiger partial charge on any atom is -0.480 e. The van der Waals surface area contributed by atoms with E-state index in [-0.39, 0.29) is 0 Å². The normalized spacial score (nSPS) is 27.5. The first-order valence-corrected chi connectivity index (χ1v) is 5.17. The molecule has 1 aliphatic heterocycles. The summed E-state index contributed by atoms with van der Waals surface area (Å²) in [7, 11) is 0. The lowest BCUT2D eigenvalue weighted by molar-refractivity contribution is -0.147. The van der Waals surface area contributed by atoms with Crippen LogP contribution in [-0.2, 0) is 9.53 Å². The van der Waals surface area contributed by atoms with Crippen molar-refractivity contribution in [1.82, 2.24) is 4.90 Å². The highest BCUT2D eigenvalue weighted by Gasteiger charge is 2.46. The molecule has 15 heavy (non-hydrogen) atoms. The molecule has 1 saturated heterocycles. The van der Waals surface area contributed by atoms with E-state index in [4.69, 9.17) is 21.4 Å². The molecule has 6 heteroatoms. The maximum Gasteiger partial charge on any atom is 0.412 e. The topological polar surface area (TPSA) is 66.8 Å². The van der Waals surface area contributed by atoms with Gasteiger partial charge in [0.25, 0.3) is 0 Å². The molecule has 1 rings (SSSR count). The Morgan fingerprint density at radius 2 is 2.20 bits per heavy atom. The molecule has 1 fully saturated rings. The number of carboxylic acid groups (broad SMARTS) is 1. The van der Waals surface area contributed by atoms with Gasteiger partial charge in [0.1, 0.15) is 5.54 Å². The van der Waals surface area contributed by atoms with Crippen molar-refractivity contribution in [3.63, 3.8) is 0 Å². The van der Waals surface area contributed by atoms with E-state index in [9.17, 15) is 9.59 Å². The van der Waals surface area contributed by atoms with E-state index in [1.54, 1.807) is 0 Å². The van der Waals surface area contributed by atoms with Gasteiger partial charge in [-0.1, -0.05) is 11.6 Å². The van der Waals surface area contributed by atoms with Crippen molar-refractivity contribution in [3.05, 3.63) is 0 Å². The summed E-state index contributed by atoms with van der Waals surface area (Å²) in [5.41, 5.74) is -1.92. The van der Waals surface area contributed by atoms with E-state index < -0.39 is 23.2 Å². The van der Waals surface area contributed by atoms with Gasteiger partial charge in [0.2, 0.25) is 0 Å². The zero-order chi connectivity index (χ0) is 11.6. The molecule has 2 atom stereocenters. The monoisotopic (exact) mass is 235 g/mol. The number of ether oxygens (including phenoxy) is 1. The molecule has 0 aromatic heterocycles. The van der Waals surface area contributed by atoms with Gasteiger partial charge in [0, 0.05) is 6.54 Å². The number of carbonyl (C=O) groups is 2. The van der Waals surface area contributed by atoms with Crippen molar-refractivity contribution in [3.8, 4) is 0 Å². The van der Waals surface area contributed by atoms with E-state index in [1.165, 1.54) is 18.7 Å². The van der Waals surface area contributed by atoms with Crippen molar-refractivity contribution >= 4 is 23.7 Å². The van der Waals surface area contributed by atoms with Crippen molar-refractivity contribution < 1.29 is 19.4 Å². The second kappa shape index (κ2) is 4.26. The molecule has 0 aromatic carbocycles. The average molecular weight is 236 g/mol. The molecule has 0 spiro atoms. The first-order valence-electron chi connectivity index (χ1n) is 4.73. The van der Waals surface area contributed by atoms with Crippen molar-refractivity contribution in [1.29, 1.82) is 0 Å². The van der Waals surface area contributed by atoms with Gasteiger partial charge in [-0.25, -0.2) is 9.59 Å². The summed E-state index contributed by atoms with van der Waals surface area (Å²) in [5, 5.41) is 9.04. The molecule has 5 nitrogen and oxygen atoms in total. The highest BCUT2D eigenvalue weighted by atomic mass is 35.5. The van der Waals surface area contributed by atoms with Gasteiger partial charge in [-0.3, -0.25) is 4.90 Å². The Hall–Kier alpha value is -0.970. The van der Waals surface area contributed by atoms with Crippen LogP contribution in [-0.4, -0.2) is 39.7 Å².